The molecule has 94 valence electrons. The second kappa shape index (κ2) is 6.13. The monoisotopic (exact) mass is 237 g/mol. The first kappa shape index (κ1) is 13.4. The lowest BCUT2D eigenvalue weighted by molar-refractivity contribution is 0.0761. The van der Waals surface area contributed by atoms with Crippen molar-refractivity contribution in [1.82, 2.24) is 4.90 Å². The standard InChI is InChI=1S/C13H19NO3/c1-4-8-14(5-2)13(16)11-7-6-10(17-3)9-12(11)15/h6-7,9,15H,4-5,8H2,1-3H3. The largest absolute Gasteiger partial charge is 0.507 e. The number of nitrogens with zero attached hydrogens (tertiary/aromatic N) is 1. The van der Waals surface area contributed by atoms with Crippen LogP contribution in [-0.4, -0.2) is 36.1 Å². The number of rotatable bonds is 5. The average molecular weight is 237 g/mol. The Labute approximate surface area is 102 Å². The van der Waals surface area contributed by atoms with Crippen LogP contribution in [0.25, 0.3) is 0 Å². The molecule has 0 heterocycles. The number of benzene rings is 1. The third kappa shape index (κ3) is 3.12. The van der Waals surface area contributed by atoms with E-state index in [2.05, 4.69) is 0 Å². The van der Waals surface area contributed by atoms with Crippen LogP contribution in [-0.2, 0) is 0 Å². The van der Waals surface area contributed by atoms with E-state index in [1.165, 1.54) is 13.2 Å². The van der Waals surface area contributed by atoms with Gasteiger partial charge in [-0.05, 0) is 25.5 Å². The maximum absolute atomic E-state index is 12.1. The smallest absolute Gasteiger partial charge is 0.257 e. The van der Waals surface area contributed by atoms with Gasteiger partial charge >= 0.3 is 0 Å². The van der Waals surface area contributed by atoms with Gasteiger partial charge in [0.15, 0.2) is 0 Å². The molecule has 0 fully saturated rings. The van der Waals surface area contributed by atoms with E-state index in [9.17, 15) is 9.90 Å². The second-order valence-corrected chi connectivity index (χ2v) is 3.77. The van der Waals surface area contributed by atoms with Crippen LogP contribution in [0.4, 0.5) is 0 Å². The molecule has 0 bridgehead atoms. The zero-order valence-electron chi connectivity index (χ0n) is 10.6. The molecule has 1 N–H and O–H groups in total. The first-order chi connectivity index (χ1) is 8.13. The molecular formula is C13H19NO3. The molecule has 1 aromatic carbocycles. The Morgan fingerprint density at radius 2 is 2.12 bits per heavy atom. The van der Waals surface area contributed by atoms with Crippen molar-refractivity contribution < 1.29 is 14.6 Å². The maximum atomic E-state index is 12.1. The number of amides is 1. The lowest BCUT2D eigenvalue weighted by atomic mass is 10.1. The third-order valence-electron chi connectivity index (χ3n) is 2.60. The second-order valence-electron chi connectivity index (χ2n) is 3.77. The van der Waals surface area contributed by atoms with E-state index in [1.54, 1.807) is 17.0 Å². The minimum Gasteiger partial charge on any atom is -0.507 e. The van der Waals surface area contributed by atoms with Gasteiger partial charge in [-0.25, -0.2) is 0 Å². The van der Waals surface area contributed by atoms with E-state index >= 15 is 0 Å². The van der Waals surface area contributed by atoms with Gasteiger partial charge in [0.2, 0.25) is 0 Å². The van der Waals surface area contributed by atoms with Crippen LogP contribution >= 0.6 is 0 Å². The summed E-state index contributed by atoms with van der Waals surface area (Å²) in [6.45, 7) is 5.27. The topological polar surface area (TPSA) is 49.8 Å². The number of hydrogen-bond donors (Lipinski definition) is 1. The Morgan fingerprint density at radius 3 is 2.59 bits per heavy atom. The minimum absolute atomic E-state index is 0.0381. The Hall–Kier alpha value is -1.71. The summed E-state index contributed by atoms with van der Waals surface area (Å²) in [5, 5.41) is 9.78. The molecule has 0 aliphatic heterocycles. The van der Waals surface area contributed by atoms with E-state index in [4.69, 9.17) is 4.74 Å². The molecule has 0 atom stereocenters. The molecule has 4 heteroatoms. The minimum atomic E-state index is -0.144. The zero-order chi connectivity index (χ0) is 12.8. The summed E-state index contributed by atoms with van der Waals surface area (Å²) in [7, 11) is 1.52. The fourth-order valence-electron chi connectivity index (χ4n) is 1.66. The van der Waals surface area contributed by atoms with Gasteiger partial charge in [-0.1, -0.05) is 6.92 Å². The van der Waals surface area contributed by atoms with Crippen LogP contribution in [0.1, 0.15) is 30.6 Å². The van der Waals surface area contributed by atoms with Gasteiger partial charge in [-0.2, -0.15) is 0 Å². The Kier molecular flexibility index (Phi) is 4.82. The molecule has 0 unspecified atom stereocenters. The van der Waals surface area contributed by atoms with E-state index in [1.807, 2.05) is 13.8 Å². The number of ether oxygens (including phenoxy) is 1. The molecule has 4 nitrogen and oxygen atoms in total. The Balaban J connectivity index is 2.95. The van der Waals surface area contributed by atoms with Crippen molar-refractivity contribution in [3.63, 3.8) is 0 Å². The highest BCUT2D eigenvalue weighted by atomic mass is 16.5. The number of aromatic hydroxyl groups is 1. The molecule has 17 heavy (non-hydrogen) atoms. The fourth-order valence-corrected chi connectivity index (χ4v) is 1.66. The van der Waals surface area contributed by atoms with Crippen molar-refractivity contribution in [2.45, 2.75) is 20.3 Å². The first-order valence-corrected chi connectivity index (χ1v) is 5.80. The molecule has 1 amide bonds. The van der Waals surface area contributed by atoms with Crippen molar-refractivity contribution in [3.8, 4) is 11.5 Å². The van der Waals surface area contributed by atoms with Crippen molar-refractivity contribution >= 4 is 5.91 Å². The summed E-state index contributed by atoms with van der Waals surface area (Å²) in [6, 6.07) is 4.72. The predicted molar refractivity (Wildman–Crippen MR) is 66.5 cm³/mol. The molecule has 0 radical (unpaired) electrons. The van der Waals surface area contributed by atoms with Crippen molar-refractivity contribution in [1.29, 1.82) is 0 Å². The molecule has 0 spiro atoms. The number of phenols is 1. The van der Waals surface area contributed by atoms with Gasteiger partial charge in [0.1, 0.15) is 11.5 Å². The van der Waals surface area contributed by atoms with E-state index < -0.39 is 0 Å². The van der Waals surface area contributed by atoms with Gasteiger partial charge in [0.25, 0.3) is 5.91 Å². The van der Waals surface area contributed by atoms with Crippen molar-refractivity contribution in [2.75, 3.05) is 20.2 Å². The highest BCUT2D eigenvalue weighted by Gasteiger charge is 2.17. The number of hydrogen-bond acceptors (Lipinski definition) is 3. The van der Waals surface area contributed by atoms with Crippen LogP contribution < -0.4 is 4.74 Å². The highest BCUT2D eigenvalue weighted by Crippen LogP contribution is 2.24. The summed E-state index contributed by atoms with van der Waals surface area (Å²) in [6.07, 6.45) is 0.899. The third-order valence-corrected chi connectivity index (χ3v) is 2.60. The van der Waals surface area contributed by atoms with E-state index in [0.29, 0.717) is 24.4 Å². The number of carbonyl (C=O) groups is 1. The van der Waals surface area contributed by atoms with Gasteiger partial charge in [0, 0.05) is 19.2 Å². The molecule has 0 saturated carbocycles. The van der Waals surface area contributed by atoms with E-state index in [-0.39, 0.29) is 11.7 Å². The lowest BCUT2D eigenvalue weighted by Crippen LogP contribution is -2.31. The van der Waals surface area contributed by atoms with Gasteiger partial charge in [-0.15, -0.1) is 0 Å². The maximum Gasteiger partial charge on any atom is 0.257 e. The number of phenolic OH excluding ortho intramolecular Hbond substituents is 1. The van der Waals surface area contributed by atoms with Crippen LogP contribution in [0.3, 0.4) is 0 Å². The van der Waals surface area contributed by atoms with Crippen molar-refractivity contribution in [3.05, 3.63) is 23.8 Å². The first-order valence-electron chi connectivity index (χ1n) is 5.80. The molecule has 0 aliphatic carbocycles. The van der Waals surface area contributed by atoms with Gasteiger partial charge in [0.05, 0.1) is 12.7 Å². The predicted octanol–water partition coefficient (Wildman–Crippen LogP) is 2.27. The summed E-state index contributed by atoms with van der Waals surface area (Å²) in [4.78, 5) is 13.8. The van der Waals surface area contributed by atoms with Crippen LogP contribution in [0.2, 0.25) is 0 Å². The fraction of sp³-hybridized carbons (Fsp3) is 0.462. The summed E-state index contributed by atoms with van der Waals surface area (Å²) >= 11 is 0. The SMILES string of the molecule is CCCN(CC)C(=O)c1ccc(OC)cc1O. The van der Waals surface area contributed by atoms with Crippen LogP contribution in [0, 0.1) is 0 Å². The highest BCUT2D eigenvalue weighted by molar-refractivity contribution is 5.97. The summed E-state index contributed by atoms with van der Waals surface area (Å²) < 4.78 is 4.98. The molecule has 1 rings (SSSR count). The van der Waals surface area contributed by atoms with E-state index in [0.717, 1.165) is 6.42 Å². The lowest BCUT2D eigenvalue weighted by Gasteiger charge is -2.20. The van der Waals surface area contributed by atoms with Gasteiger partial charge < -0.3 is 14.7 Å². The number of carbonyl (C=O) groups excluding carboxylic acids is 1. The van der Waals surface area contributed by atoms with Crippen LogP contribution in [0.15, 0.2) is 18.2 Å². The van der Waals surface area contributed by atoms with Crippen LogP contribution in [0.5, 0.6) is 11.5 Å². The quantitative estimate of drug-likeness (QED) is 0.854. The Bertz CT molecular complexity index is 390. The number of methoxy groups -OCH3 is 1. The molecule has 1 aromatic rings. The molecule has 0 saturated heterocycles. The molecule has 0 aliphatic rings. The normalized spacial score (nSPS) is 10.1. The molecule has 0 aromatic heterocycles. The van der Waals surface area contributed by atoms with Crippen molar-refractivity contribution in [2.24, 2.45) is 0 Å². The molecular weight excluding hydrogens is 218 g/mol. The summed E-state index contributed by atoms with van der Waals surface area (Å²) in [5.41, 5.74) is 0.320. The average Bonchev–Trinajstić information content (AvgIpc) is 2.35. The Morgan fingerprint density at radius 1 is 1.41 bits per heavy atom. The zero-order valence-corrected chi connectivity index (χ0v) is 10.6. The summed E-state index contributed by atoms with van der Waals surface area (Å²) in [5.74, 6) is 0.357. The van der Waals surface area contributed by atoms with Gasteiger partial charge in [-0.3, -0.25) is 4.79 Å².